The largest absolute Gasteiger partial charge is 0.385 e. The number of fused-ring (bicyclic) bond motifs is 1. The Kier molecular flexibility index (Phi) is 3.03. The first-order chi connectivity index (χ1) is 9.16. The molecule has 1 aliphatic rings. The van der Waals surface area contributed by atoms with Crippen molar-refractivity contribution in [1.82, 2.24) is 9.47 Å². The lowest BCUT2D eigenvalue weighted by Crippen LogP contribution is -2.31. The van der Waals surface area contributed by atoms with E-state index < -0.39 is 0 Å². The number of rotatable bonds is 4. The van der Waals surface area contributed by atoms with E-state index in [2.05, 4.69) is 11.9 Å². The Labute approximate surface area is 112 Å². The maximum absolute atomic E-state index is 12.4. The highest BCUT2D eigenvalue weighted by atomic mass is 16.1. The molecule has 2 aromatic rings. The molecule has 1 aliphatic carbocycles. The summed E-state index contributed by atoms with van der Waals surface area (Å²) >= 11 is 0. The van der Waals surface area contributed by atoms with Crippen molar-refractivity contribution in [3.63, 3.8) is 0 Å². The van der Waals surface area contributed by atoms with Gasteiger partial charge in [-0.2, -0.15) is 0 Å². The lowest BCUT2D eigenvalue weighted by Gasteiger charge is -2.18. The monoisotopic (exact) mass is 257 g/mol. The zero-order valence-corrected chi connectivity index (χ0v) is 11.2. The van der Waals surface area contributed by atoms with E-state index in [0.717, 1.165) is 17.3 Å². The van der Waals surface area contributed by atoms with E-state index >= 15 is 0 Å². The fourth-order valence-corrected chi connectivity index (χ4v) is 2.50. The van der Waals surface area contributed by atoms with Gasteiger partial charge in [0.1, 0.15) is 5.82 Å². The highest BCUT2D eigenvalue weighted by Gasteiger charge is 2.25. The van der Waals surface area contributed by atoms with Crippen molar-refractivity contribution in [2.75, 3.05) is 19.3 Å². The van der Waals surface area contributed by atoms with Crippen LogP contribution in [-0.2, 0) is 6.54 Å². The summed E-state index contributed by atoms with van der Waals surface area (Å²) in [5.74, 6) is 0.549. The quantitative estimate of drug-likeness (QED) is 0.906. The second kappa shape index (κ2) is 4.70. The zero-order chi connectivity index (χ0) is 13.4. The van der Waals surface area contributed by atoms with E-state index in [9.17, 15) is 4.79 Å². The highest BCUT2D eigenvalue weighted by molar-refractivity contribution is 5.83. The van der Waals surface area contributed by atoms with Gasteiger partial charge in [0.25, 0.3) is 5.56 Å². The molecule has 4 heteroatoms. The highest BCUT2D eigenvalue weighted by Crippen LogP contribution is 2.25. The standard InChI is InChI=1S/C15H19N3O/c1-17(12-6-7-12)8-9-18-14(16)10-11-4-2-3-5-13(11)15(18)19/h2-5,10,12H,6-9,16H2,1H3. The molecule has 4 nitrogen and oxygen atoms in total. The van der Waals surface area contributed by atoms with E-state index in [1.807, 2.05) is 30.3 Å². The first kappa shape index (κ1) is 12.2. The molecule has 0 radical (unpaired) electrons. The van der Waals surface area contributed by atoms with Gasteiger partial charge in [0.15, 0.2) is 0 Å². The minimum Gasteiger partial charge on any atom is -0.385 e. The molecule has 0 amide bonds. The molecule has 1 heterocycles. The number of benzene rings is 1. The number of likely N-dealkylation sites (N-methyl/N-ethyl adjacent to an activating group) is 1. The number of nitrogens with zero attached hydrogens (tertiary/aromatic N) is 2. The van der Waals surface area contributed by atoms with Gasteiger partial charge >= 0.3 is 0 Å². The molecule has 0 spiro atoms. The summed E-state index contributed by atoms with van der Waals surface area (Å²) in [6.45, 7) is 1.52. The van der Waals surface area contributed by atoms with E-state index in [0.29, 0.717) is 18.4 Å². The minimum absolute atomic E-state index is 0.0137. The number of anilines is 1. The van der Waals surface area contributed by atoms with Crippen LogP contribution in [0.25, 0.3) is 10.8 Å². The van der Waals surface area contributed by atoms with Crippen molar-refractivity contribution < 1.29 is 0 Å². The molecule has 1 saturated carbocycles. The minimum atomic E-state index is 0.0137. The maximum Gasteiger partial charge on any atom is 0.260 e. The average Bonchev–Trinajstić information content (AvgIpc) is 3.22. The third kappa shape index (κ3) is 2.36. The van der Waals surface area contributed by atoms with Gasteiger partial charge in [-0.25, -0.2) is 0 Å². The van der Waals surface area contributed by atoms with Crippen molar-refractivity contribution in [2.24, 2.45) is 0 Å². The van der Waals surface area contributed by atoms with Crippen molar-refractivity contribution in [3.05, 3.63) is 40.7 Å². The Bertz CT molecular complexity index is 658. The lowest BCUT2D eigenvalue weighted by atomic mass is 10.1. The summed E-state index contributed by atoms with van der Waals surface area (Å²) in [6, 6.07) is 10.2. The van der Waals surface area contributed by atoms with Crippen molar-refractivity contribution >= 4 is 16.6 Å². The average molecular weight is 257 g/mol. The Hall–Kier alpha value is -1.81. The molecular formula is C15H19N3O. The van der Waals surface area contributed by atoms with Gasteiger partial charge in [-0.3, -0.25) is 9.36 Å². The molecule has 2 N–H and O–H groups in total. The first-order valence-corrected chi connectivity index (χ1v) is 6.75. The van der Waals surface area contributed by atoms with Crippen LogP contribution in [0.4, 0.5) is 5.82 Å². The molecule has 1 fully saturated rings. The van der Waals surface area contributed by atoms with Gasteiger partial charge < -0.3 is 10.6 Å². The first-order valence-electron chi connectivity index (χ1n) is 6.75. The van der Waals surface area contributed by atoms with Crippen LogP contribution in [0.1, 0.15) is 12.8 Å². The second-order valence-corrected chi connectivity index (χ2v) is 5.33. The van der Waals surface area contributed by atoms with Crippen LogP contribution >= 0.6 is 0 Å². The molecule has 1 aromatic carbocycles. The van der Waals surface area contributed by atoms with E-state index in [1.165, 1.54) is 12.8 Å². The molecule has 0 bridgehead atoms. The van der Waals surface area contributed by atoms with Crippen LogP contribution in [0, 0.1) is 0 Å². The fourth-order valence-electron chi connectivity index (χ4n) is 2.50. The van der Waals surface area contributed by atoms with Crippen LogP contribution in [0.3, 0.4) is 0 Å². The zero-order valence-electron chi connectivity index (χ0n) is 11.2. The summed E-state index contributed by atoms with van der Waals surface area (Å²) in [4.78, 5) is 14.7. The molecule has 100 valence electrons. The molecule has 1 aromatic heterocycles. The third-order valence-corrected chi connectivity index (χ3v) is 3.90. The number of aromatic nitrogens is 1. The van der Waals surface area contributed by atoms with Gasteiger partial charge in [-0.15, -0.1) is 0 Å². The normalized spacial score (nSPS) is 15.3. The summed E-state index contributed by atoms with van der Waals surface area (Å²) in [5.41, 5.74) is 6.02. The molecule has 0 atom stereocenters. The van der Waals surface area contributed by atoms with Gasteiger partial charge in [-0.1, -0.05) is 18.2 Å². The third-order valence-electron chi connectivity index (χ3n) is 3.90. The van der Waals surface area contributed by atoms with Crippen LogP contribution in [0.2, 0.25) is 0 Å². The predicted octanol–water partition coefficient (Wildman–Crippen LogP) is 1.68. The Morgan fingerprint density at radius 2 is 2.11 bits per heavy atom. The summed E-state index contributed by atoms with van der Waals surface area (Å²) < 4.78 is 1.68. The number of nitrogen functional groups attached to an aromatic ring is 1. The van der Waals surface area contributed by atoms with Crippen molar-refractivity contribution in [1.29, 1.82) is 0 Å². The van der Waals surface area contributed by atoms with E-state index in [4.69, 9.17) is 5.73 Å². The maximum atomic E-state index is 12.4. The smallest absolute Gasteiger partial charge is 0.260 e. The number of nitrogens with two attached hydrogens (primary N) is 1. The predicted molar refractivity (Wildman–Crippen MR) is 78.3 cm³/mol. The number of hydrogen-bond acceptors (Lipinski definition) is 3. The van der Waals surface area contributed by atoms with E-state index in [-0.39, 0.29) is 5.56 Å². The van der Waals surface area contributed by atoms with Crippen LogP contribution in [0.15, 0.2) is 35.1 Å². The lowest BCUT2D eigenvalue weighted by molar-refractivity contribution is 0.308. The molecule has 0 saturated heterocycles. The van der Waals surface area contributed by atoms with Crippen LogP contribution in [0.5, 0.6) is 0 Å². The molecule has 0 aliphatic heterocycles. The van der Waals surface area contributed by atoms with Crippen molar-refractivity contribution in [2.45, 2.75) is 25.4 Å². The van der Waals surface area contributed by atoms with E-state index in [1.54, 1.807) is 4.57 Å². The van der Waals surface area contributed by atoms with Crippen LogP contribution < -0.4 is 11.3 Å². The van der Waals surface area contributed by atoms with Crippen molar-refractivity contribution in [3.8, 4) is 0 Å². The Morgan fingerprint density at radius 1 is 1.37 bits per heavy atom. The fraction of sp³-hybridized carbons (Fsp3) is 0.400. The van der Waals surface area contributed by atoms with Gasteiger partial charge in [0.05, 0.1) is 0 Å². The summed E-state index contributed by atoms with van der Waals surface area (Å²) in [5, 5.41) is 1.66. The van der Waals surface area contributed by atoms with Crippen LogP contribution in [-0.4, -0.2) is 29.1 Å². The molecular weight excluding hydrogens is 238 g/mol. The summed E-state index contributed by atoms with van der Waals surface area (Å²) in [6.07, 6.45) is 2.55. The van der Waals surface area contributed by atoms with Gasteiger partial charge in [-0.05, 0) is 37.4 Å². The molecule has 3 rings (SSSR count). The SMILES string of the molecule is CN(CCn1c(N)cc2ccccc2c1=O)C1CC1. The topological polar surface area (TPSA) is 51.3 Å². The second-order valence-electron chi connectivity index (χ2n) is 5.33. The van der Waals surface area contributed by atoms with Gasteiger partial charge in [0.2, 0.25) is 0 Å². The Morgan fingerprint density at radius 3 is 2.84 bits per heavy atom. The molecule has 19 heavy (non-hydrogen) atoms. The van der Waals surface area contributed by atoms with Gasteiger partial charge in [0, 0.05) is 24.5 Å². The molecule has 0 unspecified atom stereocenters. The number of hydrogen-bond donors (Lipinski definition) is 1. The Balaban J connectivity index is 1.91. The summed E-state index contributed by atoms with van der Waals surface area (Å²) in [7, 11) is 2.11. The number of pyridine rings is 1.